The average Bonchev–Trinajstić information content (AvgIpc) is 2.45. The Balaban J connectivity index is 2.42. The Morgan fingerprint density at radius 1 is 1.38 bits per heavy atom. The van der Waals surface area contributed by atoms with Crippen LogP contribution < -0.4 is 4.74 Å². The molecule has 0 aliphatic heterocycles. The van der Waals surface area contributed by atoms with Crippen LogP contribution in [0.4, 0.5) is 5.69 Å². The van der Waals surface area contributed by atoms with Crippen LogP contribution in [0.3, 0.4) is 0 Å². The molecule has 1 aromatic carbocycles. The SMILES string of the molecule is Cc1nnc(Oc2ccc([N+](=O)[O-])cc2Cl)c(C#N)c1C. The van der Waals surface area contributed by atoms with Gasteiger partial charge in [0.25, 0.3) is 11.6 Å². The molecule has 0 amide bonds. The van der Waals surface area contributed by atoms with Gasteiger partial charge in [-0.05, 0) is 25.5 Å². The van der Waals surface area contributed by atoms with Crippen LogP contribution in [0.5, 0.6) is 11.6 Å². The fraction of sp³-hybridized carbons (Fsp3) is 0.154. The van der Waals surface area contributed by atoms with Crippen LogP contribution in [0.2, 0.25) is 5.02 Å². The maximum absolute atomic E-state index is 10.6. The molecule has 1 heterocycles. The smallest absolute Gasteiger partial charge is 0.271 e. The number of nitrogens with zero attached hydrogens (tertiary/aromatic N) is 4. The highest BCUT2D eigenvalue weighted by atomic mass is 35.5. The minimum atomic E-state index is -0.563. The van der Waals surface area contributed by atoms with Crippen LogP contribution in [-0.2, 0) is 0 Å². The van der Waals surface area contributed by atoms with E-state index >= 15 is 0 Å². The zero-order valence-corrected chi connectivity index (χ0v) is 11.9. The molecule has 0 bridgehead atoms. The average molecular weight is 305 g/mol. The van der Waals surface area contributed by atoms with Crippen LogP contribution in [0, 0.1) is 35.3 Å². The number of aromatic nitrogens is 2. The van der Waals surface area contributed by atoms with Crippen LogP contribution in [0.15, 0.2) is 18.2 Å². The van der Waals surface area contributed by atoms with Crippen molar-refractivity contribution in [3.8, 4) is 17.7 Å². The number of halogens is 1. The summed E-state index contributed by atoms with van der Waals surface area (Å²) < 4.78 is 5.45. The molecule has 0 aliphatic rings. The van der Waals surface area contributed by atoms with Crippen LogP contribution in [0.25, 0.3) is 0 Å². The van der Waals surface area contributed by atoms with Crippen molar-refractivity contribution in [3.63, 3.8) is 0 Å². The van der Waals surface area contributed by atoms with Gasteiger partial charge in [0.15, 0.2) is 0 Å². The summed E-state index contributed by atoms with van der Waals surface area (Å²) in [6, 6.07) is 5.76. The molecular formula is C13H9ClN4O3. The van der Waals surface area contributed by atoms with E-state index in [-0.39, 0.29) is 27.9 Å². The molecule has 0 saturated carbocycles. The van der Waals surface area contributed by atoms with Gasteiger partial charge in [0.05, 0.1) is 15.6 Å². The molecule has 0 fully saturated rings. The van der Waals surface area contributed by atoms with E-state index in [2.05, 4.69) is 10.2 Å². The molecule has 1 aromatic heterocycles. The van der Waals surface area contributed by atoms with E-state index in [1.54, 1.807) is 13.8 Å². The Morgan fingerprint density at radius 2 is 2.10 bits per heavy atom. The minimum absolute atomic E-state index is 0.0105. The van der Waals surface area contributed by atoms with Gasteiger partial charge in [0, 0.05) is 12.1 Å². The second-order valence-electron chi connectivity index (χ2n) is 4.18. The zero-order chi connectivity index (χ0) is 15.6. The summed E-state index contributed by atoms with van der Waals surface area (Å²) in [5.74, 6) is 0.174. The topological polar surface area (TPSA) is 102 Å². The number of nitro groups is 1. The van der Waals surface area contributed by atoms with Crippen molar-refractivity contribution in [1.29, 1.82) is 5.26 Å². The number of aryl methyl sites for hydroxylation is 1. The molecular weight excluding hydrogens is 296 g/mol. The summed E-state index contributed by atoms with van der Waals surface area (Å²) in [6.07, 6.45) is 0. The predicted octanol–water partition coefficient (Wildman–Crippen LogP) is 3.32. The first-order chi connectivity index (χ1) is 9.93. The molecule has 0 saturated heterocycles. The van der Waals surface area contributed by atoms with Crippen molar-refractivity contribution in [2.75, 3.05) is 0 Å². The van der Waals surface area contributed by atoms with E-state index in [1.807, 2.05) is 6.07 Å². The lowest BCUT2D eigenvalue weighted by atomic mass is 10.1. The van der Waals surface area contributed by atoms with Gasteiger partial charge < -0.3 is 4.74 Å². The van der Waals surface area contributed by atoms with Gasteiger partial charge in [-0.1, -0.05) is 11.6 Å². The highest BCUT2D eigenvalue weighted by Crippen LogP contribution is 2.33. The maximum atomic E-state index is 10.6. The molecule has 2 aromatic rings. The highest BCUT2D eigenvalue weighted by Gasteiger charge is 2.16. The van der Waals surface area contributed by atoms with Crippen molar-refractivity contribution >= 4 is 17.3 Å². The van der Waals surface area contributed by atoms with Gasteiger partial charge in [-0.2, -0.15) is 10.4 Å². The minimum Gasteiger partial charge on any atom is -0.435 e. The molecule has 0 atom stereocenters. The third kappa shape index (κ3) is 2.90. The summed E-state index contributed by atoms with van der Waals surface area (Å²) in [4.78, 5) is 10.1. The summed E-state index contributed by atoms with van der Waals surface area (Å²) >= 11 is 5.93. The number of rotatable bonds is 3. The van der Waals surface area contributed by atoms with Crippen LogP contribution in [0.1, 0.15) is 16.8 Å². The predicted molar refractivity (Wildman–Crippen MR) is 74.4 cm³/mol. The van der Waals surface area contributed by atoms with E-state index in [0.29, 0.717) is 11.3 Å². The van der Waals surface area contributed by atoms with Gasteiger partial charge in [0.2, 0.25) is 0 Å². The highest BCUT2D eigenvalue weighted by molar-refractivity contribution is 6.32. The first-order valence-corrected chi connectivity index (χ1v) is 6.17. The second kappa shape index (κ2) is 5.73. The lowest BCUT2D eigenvalue weighted by molar-refractivity contribution is -0.384. The van der Waals surface area contributed by atoms with Gasteiger partial charge in [-0.15, -0.1) is 5.10 Å². The van der Waals surface area contributed by atoms with Gasteiger partial charge in [-0.3, -0.25) is 10.1 Å². The molecule has 0 unspecified atom stereocenters. The lowest BCUT2D eigenvalue weighted by Gasteiger charge is -2.09. The zero-order valence-electron chi connectivity index (χ0n) is 11.1. The summed E-state index contributed by atoms with van der Waals surface area (Å²) in [6.45, 7) is 3.46. The summed E-state index contributed by atoms with van der Waals surface area (Å²) in [7, 11) is 0. The maximum Gasteiger partial charge on any atom is 0.271 e. The molecule has 0 aliphatic carbocycles. The van der Waals surface area contributed by atoms with Crippen molar-refractivity contribution in [3.05, 3.63) is 50.2 Å². The normalized spacial score (nSPS) is 10.0. The third-order valence-electron chi connectivity index (χ3n) is 2.87. The number of hydrogen-bond donors (Lipinski definition) is 0. The van der Waals surface area contributed by atoms with Gasteiger partial charge in [0.1, 0.15) is 17.4 Å². The Kier molecular flexibility index (Phi) is 4.00. The quantitative estimate of drug-likeness (QED) is 0.636. The van der Waals surface area contributed by atoms with E-state index in [9.17, 15) is 10.1 Å². The molecule has 21 heavy (non-hydrogen) atoms. The van der Waals surface area contributed by atoms with E-state index in [4.69, 9.17) is 21.6 Å². The number of hydrogen-bond acceptors (Lipinski definition) is 6. The summed E-state index contributed by atoms with van der Waals surface area (Å²) in [5.41, 5.74) is 1.37. The van der Waals surface area contributed by atoms with E-state index < -0.39 is 4.92 Å². The van der Waals surface area contributed by atoms with Crippen LogP contribution >= 0.6 is 11.6 Å². The lowest BCUT2D eigenvalue weighted by Crippen LogP contribution is -2.00. The number of nitro benzene ring substituents is 1. The standard InChI is InChI=1S/C13H9ClN4O3/c1-7-8(2)16-17-13(10(7)6-15)21-12-4-3-9(18(19)20)5-11(12)14/h3-5H,1-2H3. The molecule has 7 nitrogen and oxygen atoms in total. The van der Waals surface area contributed by atoms with E-state index in [0.717, 1.165) is 6.07 Å². The molecule has 0 radical (unpaired) electrons. The van der Waals surface area contributed by atoms with Crippen molar-refractivity contribution < 1.29 is 9.66 Å². The second-order valence-corrected chi connectivity index (χ2v) is 4.58. The fourth-order valence-corrected chi connectivity index (χ4v) is 1.79. The molecule has 106 valence electrons. The van der Waals surface area contributed by atoms with Crippen molar-refractivity contribution in [1.82, 2.24) is 10.2 Å². The Hall–Kier alpha value is -2.72. The van der Waals surface area contributed by atoms with Gasteiger partial charge in [-0.25, -0.2) is 0 Å². The number of nitriles is 1. The molecule has 2 rings (SSSR count). The molecule has 8 heteroatoms. The Bertz CT molecular complexity index is 771. The largest absolute Gasteiger partial charge is 0.435 e. The number of non-ortho nitro benzene ring substituents is 1. The molecule has 0 spiro atoms. The van der Waals surface area contributed by atoms with Crippen molar-refractivity contribution in [2.24, 2.45) is 0 Å². The Morgan fingerprint density at radius 3 is 2.67 bits per heavy atom. The first kappa shape index (κ1) is 14.7. The van der Waals surface area contributed by atoms with Crippen molar-refractivity contribution in [2.45, 2.75) is 13.8 Å². The molecule has 0 N–H and O–H groups in total. The number of benzene rings is 1. The first-order valence-electron chi connectivity index (χ1n) is 5.79. The Labute approximate surface area is 124 Å². The fourth-order valence-electron chi connectivity index (χ4n) is 1.58. The van der Waals surface area contributed by atoms with Gasteiger partial charge >= 0.3 is 0 Å². The third-order valence-corrected chi connectivity index (χ3v) is 3.16. The van der Waals surface area contributed by atoms with E-state index in [1.165, 1.54) is 12.1 Å². The van der Waals surface area contributed by atoms with Crippen LogP contribution in [-0.4, -0.2) is 15.1 Å². The summed E-state index contributed by atoms with van der Waals surface area (Å²) in [5, 5.41) is 27.6. The number of ether oxygens (including phenoxy) is 1. The monoisotopic (exact) mass is 304 g/mol.